The highest BCUT2D eigenvalue weighted by Gasteiger charge is 1.99. The van der Waals surface area contributed by atoms with Crippen LogP contribution >= 0.6 is 0 Å². The molecule has 0 aromatic rings. The molecule has 0 aliphatic heterocycles. The Balaban J connectivity index is 3.20. The minimum absolute atomic E-state index is 0.0401. The maximum atomic E-state index is 10.9. The summed E-state index contributed by atoms with van der Waals surface area (Å²) in [6.45, 7) is 7.30. The third-order valence-electron chi connectivity index (χ3n) is 1.76. The molecule has 0 saturated carbocycles. The molecule has 4 nitrogen and oxygen atoms in total. The third kappa shape index (κ3) is 7.74. The summed E-state index contributed by atoms with van der Waals surface area (Å²) in [5.74, 6) is -0.0401. The van der Waals surface area contributed by atoms with Crippen molar-refractivity contribution < 1.29 is 9.53 Å². The predicted molar refractivity (Wildman–Crippen MR) is 52.7 cm³/mol. The van der Waals surface area contributed by atoms with E-state index in [-0.39, 0.29) is 12.5 Å². The van der Waals surface area contributed by atoms with Crippen LogP contribution in [0.25, 0.3) is 0 Å². The lowest BCUT2D eigenvalue weighted by Gasteiger charge is -2.13. The molecule has 0 spiro atoms. The molecule has 0 atom stereocenters. The molecule has 13 heavy (non-hydrogen) atoms. The van der Waals surface area contributed by atoms with Gasteiger partial charge in [0.05, 0.1) is 6.61 Å². The lowest BCUT2D eigenvalue weighted by atomic mass is 10.5. The number of amides is 1. The normalized spacial score (nSPS) is 10.5. The van der Waals surface area contributed by atoms with E-state index in [4.69, 9.17) is 4.74 Å². The summed E-state index contributed by atoms with van der Waals surface area (Å²) in [5, 5.41) is 2.67. The average Bonchev–Trinajstić information content (AvgIpc) is 2.12. The van der Waals surface area contributed by atoms with E-state index in [0.29, 0.717) is 13.2 Å². The van der Waals surface area contributed by atoms with Crippen LogP contribution in [-0.4, -0.2) is 50.7 Å². The molecule has 0 aliphatic rings. The van der Waals surface area contributed by atoms with Crippen LogP contribution in [0.2, 0.25) is 0 Å². The molecule has 0 heterocycles. The minimum atomic E-state index is -0.0401. The predicted octanol–water partition coefficient (Wildman–Crippen LogP) is 0.0908. The van der Waals surface area contributed by atoms with E-state index in [1.165, 1.54) is 0 Å². The van der Waals surface area contributed by atoms with Gasteiger partial charge in [-0.25, -0.2) is 0 Å². The van der Waals surface area contributed by atoms with Gasteiger partial charge in [-0.3, -0.25) is 4.79 Å². The summed E-state index contributed by atoms with van der Waals surface area (Å²) >= 11 is 0. The fourth-order valence-corrected chi connectivity index (χ4v) is 0.792. The fraction of sp³-hybridized carbons (Fsp3) is 0.889. The van der Waals surface area contributed by atoms with Gasteiger partial charge in [0.15, 0.2) is 0 Å². The fourth-order valence-electron chi connectivity index (χ4n) is 0.792. The molecule has 0 bridgehead atoms. The zero-order valence-corrected chi connectivity index (χ0v) is 8.80. The van der Waals surface area contributed by atoms with Crippen LogP contribution in [0.1, 0.15) is 13.8 Å². The Labute approximate surface area is 80.2 Å². The molecule has 0 unspecified atom stereocenters. The lowest BCUT2D eigenvalue weighted by Crippen LogP contribution is -2.29. The molecule has 0 aromatic heterocycles. The molecule has 0 rings (SSSR count). The van der Waals surface area contributed by atoms with Crippen molar-refractivity contribution in [1.29, 1.82) is 0 Å². The van der Waals surface area contributed by atoms with E-state index in [2.05, 4.69) is 17.1 Å². The molecule has 0 radical (unpaired) electrons. The molecule has 4 heteroatoms. The summed E-state index contributed by atoms with van der Waals surface area (Å²) in [4.78, 5) is 13.0. The number of hydrogen-bond acceptors (Lipinski definition) is 3. The number of nitrogens with zero attached hydrogens (tertiary/aromatic N) is 1. The smallest absolute Gasteiger partial charge is 0.245 e. The molecular weight excluding hydrogens is 168 g/mol. The molecule has 0 saturated heterocycles. The van der Waals surface area contributed by atoms with E-state index < -0.39 is 0 Å². The number of carbonyl (C=O) groups excluding carboxylic acids is 1. The van der Waals surface area contributed by atoms with Gasteiger partial charge in [-0.1, -0.05) is 6.92 Å². The number of nitrogens with one attached hydrogen (secondary N) is 1. The zero-order valence-electron chi connectivity index (χ0n) is 8.80. The van der Waals surface area contributed by atoms with Crippen molar-refractivity contribution in [3.63, 3.8) is 0 Å². The van der Waals surface area contributed by atoms with Crippen molar-refractivity contribution in [1.82, 2.24) is 10.2 Å². The summed E-state index contributed by atoms with van der Waals surface area (Å²) < 4.78 is 5.17. The first-order valence-corrected chi connectivity index (χ1v) is 4.73. The van der Waals surface area contributed by atoms with Crippen LogP contribution in [-0.2, 0) is 9.53 Å². The van der Waals surface area contributed by atoms with Crippen LogP contribution in [0, 0.1) is 0 Å². The molecular formula is C9H20N2O2. The maximum Gasteiger partial charge on any atom is 0.245 e. The second-order valence-corrected chi connectivity index (χ2v) is 2.90. The van der Waals surface area contributed by atoms with Gasteiger partial charge >= 0.3 is 0 Å². The molecule has 0 aromatic carbocycles. The summed E-state index contributed by atoms with van der Waals surface area (Å²) in [6, 6.07) is 0. The highest BCUT2D eigenvalue weighted by atomic mass is 16.5. The largest absolute Gasteiger partial charge is 0.370 e. The van der Waals surface area contributed by atoms with Gasteiger partial charge in [-0.2, -0.15) is 0 Å². The van der Waals surface area contributed by atoms with Crippen molar-refractivity contribution in [3.8, 4) is 0 Å². The van der Waals surface area contributed by atoms with Gasteiger partial charge in [0.25, 0.3) is 0 Å². The molecule has 78 valence electrons. The van der Waals surface area contributed by atoms with Crippen molar-refractivity contribution >= 4 is 5.91 Å². The topological polar surface area (TPSA) is 41.6 Å². The first-order chi connectivity index (χ1) is 6.20. The highest BCUT2D eigenvalue weighted by molar-refractivity contribution is 5.77. The van der Waals surface area contributed by atoms with Crippen molar-refractivity contribution in [2.24, 2.45) is 0 Å². The van der Waals surface area contributed by atoms with Gasteiger partial charge in [-0.15, -0.1) is 0 Å². The van der Waals surface area contributed by atoms with Crippen LogP contribution in [0.15, 0.2) is 0 Å². The van der Waals surface area contributed by atoms with E-state index in [1.807, 2.05) is 14.0 Å². The molecule has 0 aliphatic carbocycles. The Hall–Kier alpha value is -0.610. The number of carbonyl (C=O) groups is 1. The number of hydrogen-bond donors (Lipinski definition) is 1. The third-order valence-corrected chi connectivity index (χ3v) is 1.76. The van der Waals surface area contributed by atoms with Crippen LogP contribution in [0.4, 0.5) is 0 Å². The second kappa shape index (κ2) is 8.01. The first kappa shape index (κ1) is 12.4. The minimum Gasteiger partial charge on any atom is -0.370 e. The Morgan fingerprint density at radius 3 is 2.69 bits per heavy atom. The van der Waals surface area contributed by atoms with Gasteiger partial charge in [0.2, 0.25) is 5.91 Å². The second-order valence-electron chi connectivity index (χ2n) is 2.90. The van der Waals surface area contributed by atoms with Crippen molar-refractivity contribution in [2.45, 2.75) is 13.8 Å². The summed E-state index contributed by atoms with van der Waals surface area (Å²) in [7, 11) is 2.02. The maximum absolute atomic E-state index is 10.9. The van der Waals surface area contributed by atoms with Gasteiger partial charge in [-0.05, 0) is 20.5 Å². The summed E-state index contributed by atoms with van der Waals surface area (Å²) in [6.07, 6.45) is 0. The van der Waals surface area contributed by atoms with E-state index >= 15 is 0 Å². The standard InChI is InChI=1S/C9H20N2O2/c1-4-10-9(12)8-13-7-6-11(3)5-2/h4-8H2,1-3H3,(H,10,12). The van der Waals surface area contributed by atoms with Gasteiger partial charge in [0.1, 0.15) is 6.61 Å². The van der Waals surface area contributed by atoms with Crippen molar-refractivity contribution in [2.75, 3.05) is 39.9 Å². The summed E-state index contributed by atoms with van der Waals surface area (Å²) in [5.41, 5.74) is 0. The number of likely N-dealkylation sites (N-methyl/N-ethyl adjacent to an activating group) is 2. The van der Waals surface area contributed by atoms with E-state index in [9.17, 15) is 4.79 Å². The molecule has 1 amide bonds. The van der Waals surface area contributed by atoms with Crippen LogP contribution < -0.4 is 5.32 Å². The van der Waals surface area contributed by atoms with Crippen LogP contribution in [0.3, 0.4) is 0 Å². The Morgan fingerprint density at radius 2 is 2.15 bits per heavy atom. The van der Waals surface area contributed by atoms with E-state index in [1.54, 1.807) is 0 Å². The lowest BCUT2D eigenvalue weighted by molar-refractivity contribution is -0.125. The monoisotopic (exact) mass is 188 g/mol. The van der Waals surface area contributed by atoms with Crippen molar-refractivity contribution in [3.05, 3.63) is 0 Å². The zero-order chi connectivity index (χ0) is 10.1. The molecule has 0 fully saturated rings. The van der Waals surface area contributed by atoms with Gasteiger partial charge < -0.3 is 15.0 Å². The van der Waals surface area contributed by atoms with Crippen LogP contribution in [0.5, 0.6) is 0 Å². The number of ether oxygens (including phenoxy) is 1. The SMILES string of the molecule is CCNC(=O)COCCN(C)CC. The quantitative estimate of drug-likeness (QED) is 0.576. The average molecular weight is 188 g/mol. The Bertz CT molecular complexity index is 140. The van der Waals surface area contributed by atoms with Gasteiger partial charge in [0, 0.05) is 13.1 Å². The number of rotatable bonds is 7. The highest BCUT2D eigenvalue weighted by Crippen LogP contribution is 1.82. The first-order valence-electron chi connectivity index (χ1n) is 4.73. The molecule has 1 N–H and O–H groups in total. The Kier molecular flexibility index (Phi) is 7.63. The van der Waals surface area contributed by atoms with E-state index in [0.717, 1.165) is 13.1 Å². The Morgan fingerprint density at radius 1 is 1.46 bits per heavy atom.